The predicted octanol–water partition coefficient (Wildman–Crippen LogP) is 15.8. The van der Waals surface area contributed by atoms with E-state index in [1.807, 2.05) is 13.8 Å². The van der Waals surface area contributed by atoms with Crippen molar-refractivity contribution >= 4 is 21.1 Å². The van der Waals surface area contributed by atoms with Crippen LogP contribution < -0.4 is 5.30 Å². The Morgan fingerprint density at radius 1 is 0.680 bits per heavy atom. The van der Waals surface area contributed by atoms with E-state index >= 15 is 0 Å². The first kappa shape index (κ1) is 47.1. The molecule has 2 heteroatoms. The summed E-state index contributed by atoms with van der Waals surface area (Å²) in [5, 5.41) is 2.35. The van der Waals surface area contributed by atoms with Crippen molar-refractivity contribution in [3.8, 4) is 11.8 Å². The van der Waals surface area contributed by atoms with Crippen LogP contribution in [0.25, 0.3) is 0 Å². The van der Waals surface area contributed by atoms with Crippen molar-refractivity contribution in [2.24, 2.45) is 23.7 Å². The molecular formula is C48H84P2. The highest BCUT2D eigenvalue weighted by molar-refractivity contribution is 7.67. The van der Waals surface area contributed by atoms with E-state index in [4.69, 9.17) is 0 Å². The van der Waals surface area contributed by atoms with Crippen molar-refractivity contribution in [3.05, 3.63) is 54.6 Å². The van der Waals surface area contributed by atoms with Crippen LogP contribution in [0.3, 0.4) is 0 Å². The molecule has 0 spiro atoms. The molecule has 0 N–H and O–H groups in total. The summed E-state index contributed by atoms with van der Waals surface area (Å²) in [5.41, 5.74) is 2.24. The van der Waals surface area contributed by atoms with Gasteiger partial charge in [-0.3, -0.25) is 0 Å². The van der Waals surface area contributed by atoms with E-state index in [2.05, 4.69) is 150 Å². The largest absolute Gasteiger partial charge is 0.103 e. The molecule has 3 aliphatic carbocycles. The van der Waals surface area contributed by atoms with E-state index in [1.54, 1.807) is 5.30 Å². The third-order valence-corrected chi connectivity index (χ3v) is 18.7. The SMILES string of the molecule is C1CCCCCCC1.CC.CC1C(C)C([C@@H](C)P(c2ccccc2)C2C=CC=CC2)C(P(C(C)(C)C)C(C)(C)C)C1C.CCCC#CCCC. The second kappa shape index (κ2) is 25.2. The molecule has 0 nitrogen and oxygen atoms in total. The lowest BCUT2D eigenvalue weighted by molar-refractivity contribution is 0.337. The average Bonchev–Trinajstić information content (AvgIpc) is 3.27. The maximum absolute atomic E-state index is 3.09. The Bertz CT molecular complexity index is 1060. The van der Waals surface area contributed by atoms with E-state index in [1.165, 1.54) is 70.6 Å². The Hall–Kier alpha value is -0.880. The summed E-state index contributed by atoms with van der Waals surface area (Å²) in [4.78, 5) is 0. The molecule has 50 heavy (non-hydrogen) atoms. The van der Waals surface area contributed by atoms with Crippen molar-refractivity contribution in [1.29, 1.82) is 0 Å². The number of benzene rings is 1. The van der Waals surface area contributed by atoms with E-state index in [9.17, 15) is 0 Å². The highest BCUT2D eigenvalue weighted by atomic mass is 31.1. The van der Waals surface area contributed by atoms with Crippen molar-refractivity contribution in [2.75, 3.05) is 0 Å². The summed E-state index contributed by atoms with van der Waals surface area (Å²) in [7, 11) is -0.403. The van der Waals surface area contributed by atoms with Gasteiger partial charge in [0.25, 0.3) is 0 Å². The van der Waals surface area contributed by atoms with Gasteiger partial charge in [-0.05, 0) is 69.9 Å². The van der Waals surface area contributed by atoms with Gasteiger partial charge < -0.3 is 0 Å². The molecule has 3 aliphatic rings. The molecule has 1 aromatic rings. The molecule has 2 saturated carbocycles. The van der Waals surface area contributed by atoms with E-state index in [-0.39, 0.29) is 15.8 Å². The number of unbranched alkanes of at least 4 members (excludes halogenated alkanes) is 2. The second-order valence-electron chi connectivity index (χ2n) is 17.1. The lowest BCUT2D eigenvalue weighted by Crippen LogP contribution is -2.40. The van der Waals surface area contributed by atoms with Crippen LogP contribution in [0, 0.1) is 35.5 Å². The fourth-order valence-electron chi connectivity index (χ4n) is 8.96. The topological polar surface area (TPSA) is 0 Å². The third-order valence-electron chi connectivity index (χ3n) is 11.2. The first-order valence-electron chi connectivity index (χ1n) is 21.2. The van der Waals surface area contributed by atoms with Crippen molar-refractivity contribution < 1.29 is 0 Å². The Morgan fingerprint density at radius 3 is 1.52 bits per heavy atom. The molecule has 0 bridgehead atoms. The van der Waals surface area contributed by atoms with Crippen LogP contribution >= 0.6 is 15.8 Å². The lowest BCUT2D eigenvalue weighted by atomic mass is 9.89. The maximum atomic E-state index is 3.09. The average molecular weight is 723 g/mol. The van der Waals surface area contributed by atoms with Gasteiger partial charge in [-0.1, -0.05) is 219 Å². The minimum Gasteiger partial charge on any atom is -0.103 e. The summed E-state index contributed by atoms with van der Waals surface area (Å²) >= 11 is 0. The van der Waals surface area contributed by atoms with Gasteiger partial charge in [0.15, 0.2) is 0 Å². The standard InChI is InChI=1S/C30H48P2.C8H16.C8H14.C2H6/c1-21-22(2)27(28(23(21)3)32(29(5,6)7)30(8,9)10)24(4)31(25-17-13-11-14-18-25)26-19-15-12-16-20-26;1-2-4-6-8-7-5-3-1;1-3-5-7-8-6-4-2;1-2/h11-19,21-24,26-28H,20H2,1-10H3;1-8H2;3-6H2,1-2H3;1-2H3/t21?,22?,23?,24-,26?,27?,28?,31?;;;/m1.../s1. The smallest absolute Gasteiger partial charge is 0.00860 e. The van der Waals surface area contributed by atoms with Gasteiger partial charge in [0.1, 0.15) is 0 Å². The summed E-state index contributed by atoms with van der Waals surface area (Å²) in [6.45, 7) is 33.9. The molecule has 0 aromatic heterocycles. The summed E-state index contributed by atoms with van der Waals surface area (Å²) in [5.74, 6) is 9.37. The Morgan fingerprint density at radius 2 is 1.14 bits per heavy atom. The van der Waals surface area contributed by atoms with Crippen molar-refractivity contribution in [3.63, 3.8) is 0 Å². The zero-order valence-corrected chi connectivity index (χ0v) is 37.6. The minimum absolute atomic E-state index is 0.141. The fraction of sp³-hybridized carbons (Fsp3) is 0.750. The summed E-state index contributed by atoms with van der Waals surface area (Å²) in [6, 6.07) is 11.6. The van der Waals surface area contributed by atoms with E-state index in [0.29, 0.717) is 16.0 Å². The van der Waals surface area contributed by atoms with Gasteiger partial charge in [-0.15, -0.1) is 11.8 Å². The second-order valence-corrected chi connectivity index (χ2v) is 24.0. The third kappa shape index (κ3) is 15.6. The van der Waals surface area contributed by atoms with E-state index in [0.717, 1.165) is 47.8 Å². The van der Waals surface area contributed by atoms with Gasteiger partial charge in [0.05, 0.1) is 0 Å². The predicted molar refractivity (Wildman–Crippen MR) is 236 cm³/mol. The van der Waals surface area contributed by atoms with Crippen LogP contribution in [0.4, 0.5) is 0 Å². The molecule has 0 saturated heterocycles. The molecule has 7 unspecified atom stereocenters. The molecule has 0 radical (unpaired) electrons. The molecule has 4 rings (SSSR count). The number of hydrogen-bond acceptors (Lipinski definition) is 0. The van der Waals surface area contributed by atoms with Crippen LogP contribution in [0.2, 0.25) is 0 Å². The minimum atomic E-state index is -0.262. The molecule has 286 valence electrons. The van der Waals surface area contributed by atoms with Crippen LogP contribution in [-0.2, 0) is 0 Å². The van der Waals surface area contributed by atoms with Crippen LogP contribution in [0.1, 0.15) is 180 Å². The highest BCUT2D eigenvalue weighted by Crippen LogP contribution is 2.71. The van der Waals surface area contributed by atoms with Gasteiger partial charge >= 0.3 is 0 Å². The fourth-order valence-corrected chi connectivity index (χ4v) is 18.0. The molecular weight excluding hydrogens is 638 g/mol. The Labute approximate surface area is 317 Å². The van der Waals surface area contributed by atoms with Crippen LogP contribution in [0.5, 0.6) is 0 Å². The van der Waals surface area contributed by atoms with Gasteiger partial charge in [0.2, 0.25) is 0 Å². The molecule has 2 fully saturated rings. The molecule has 0 heterocycles. The van der Waals surface area contributed by atoms with Gasteiger partial charge in [0, 0.05) is 18.5 Å². The normalized spacial score (nSPS) is 26.3. The molecule has 0 aliphatic heterocycles. The van der Waals surface area contributed by atoms with Gasteiger partial charge in [-0.25, -0.2) is 0 Å². The zero-order chi connectivity index (χ0) is 37.7. The first-order valence-corrected chi connectivity index (χ1v) is 24.1. The van der Waals surface area contributed by atoms with Crippen LogP contribution in [-0.4, -0.2) is 27.3 Å². The van der Waals surface area contributed by atoms with E-state index < -0.39 is 0 Å². The lowest BCUT2D eigenvalue weighted by Gasteiger charge is -2.51. The maximum Gasteiger partial charge on any atom is 0.00860 e. The molecule has 1 aromatic carbocycles. The summed E-state index contributed by atoms with van der Waals surface area (Å²) < 4.78 is 0. The van der Waals surface area contributed by atoms with Crippen molar-refractivity contribution in [2.45, 2.75) is 208 Å². The van der Waals surface area contributed by atoms with Crippen LogP contribution in [0.15, 0.2) is 54.6 Å². The zero-order valence-electron chi connectivity index (χ0n) is 35.8. The molecule has 0 amide bonds. The Kier molecular flexibility index (Phi) is 23.8. The number of allylic oxidation sites excluding steroid dienone is 4. The number of hydrogen-bond donors (Lipinski definition) is 0. The number of rotatable bonds is 7. The van der Waals surface area contributed by atoms with Crippen molar-refractivity contribution in [1.82, 2.24) is 0 Å². The molecule has 8 atom stereocenters. The first-order chi connectivity index (χ1) is 23.8. The highest BCUT2D eigenvalue weighted by Gasteiger charge is 2.55. The van der Waals surface area contributed by atoms with Gasteiger partial charge in [-0.2, -0.15) is 0 Å². The quantitative estimate of drug-likeness (QED) is 0.194. The summed E-state index contributed by atoms with van der Waals surface area (Å²) in [6.07, 6.45) is 27.2. The monoisotopic (exact) mass is 723 g/mol. The Balaban J connectivity index is 0.000000567.